The molecule has 0 saturated carbocycles. The van der Waals surface area contributed by atoms with E-state index in [0.29, 0.717) is 24.1 Å². The van der Waals surface area contributed by atoms with Crippen molar-refractivity contribution in [3.63, 3.8) is 0 Å². The standard InChI is InChI=1S/C16H17NO5/c1-21-10-16(15(19)20)6-7-17(9-16)14(18)12-8-22-13-5-3-2-4-11(12)13/h2-5,8H,6-7,9-10H2,1H3,(H,19,20). The average Bonchev–Trinajstić information content (AvgIpc) is 3.12. The Morgan fingerprint density at radius 2 is 2.18 bits per heavy atom. The Labute approximate surface area is 127 Å². The van der Waals surface area contributed by atoms with Gasteiger partial charge in [-0.05, 0) is 12.5 Å². The highest BCUT2D eigenvalue weighted by Gasteiger charge is 2.46. The van der Waals surface area contributed by atoms with Gasteiger partial charge in [-0.1, -0.05) is 18.2 Å². The molecular weight excluding hydrogens is 286 g/mol. The van der Waals surface area contributed by atoms with Gasteiger partial charge in [0.2, 0.25) is 0 Å². The molecule has 6 nitrogen and oxygen atoms in total. The second kappa shape index (κ2) is 5.46. The second-order valence-corrected chi connectivity index (χ2v) is 5.64. The first kappa shape index (κ1) is 14.6. The minimum atomic E-state index is -1.02. The van der Waals surface area contributed by atoms with E-state index in [9.17, 15) is 14.7 Å². The van der Waals surface area contributed by atoms with Gasteiger partial charge in [0.05, 0.1) is 12.2 Å². The van der Waals surface area contributed by atoms with E-state index in [-0.39, 0.29) is 19.1 Å². The van der Waals surface area contributed by atoms with Crippen LogP contribution in [0.25, 0.3) is 11.0 Å². The zero-order chi connectivity index (χ0) is 15.7. The molecule has 1 amide bonds. The van der Waals surface area contributed by atoms with Crippen LogP contribution < -0.4 is 0 Å². The fourth-order valence-corrected chi connectivity index (χ4v) is 2.99. The Hall–Kier alpha value is -2.34. The third kappa shape index (κ3) is 2.25. The quantitative estimate of drug-likeness (QED) is 0.934. The van der Waals surface area contributed by atoms with Crippen molar-refractivity contribution < 1.29 is 23.8 Å². The first-order valence-electron chi connectivity index (χ1n) is 7.05. The molecule has 0 bridgehead atoms. The van der Waals surface area contributed by atoms with Crippen LogP contribution in [0.1, 0.15) is 16.8 Å². The van der Waals surface area contributed by atoms with Gasteiger partial charge in [-0.2, -0.15) is 0 Å². The van der Waals surface area contributed by atoms with E-state index in [2.05, 4.69) is 0 Å². The average molecular weight is 303 g/mol. The molecular formula is C16H17NO5. The van der Waals surface area contributed by atoms with Crippen LogP contribution in [0.3, 0.4) is 0 Å². The lowest BCUT2D eigenvalue weighted by Gasteiger charge is -2.23. The van der Waals surface area contributed by atoms with Gasteiger partial charge in [0, 0.05) is 25.6 Å². The summed E-state index contributed by atoms with van der Waals surface area (Å²) in [6.45, 7) is 0.640. The Balaban J connectivity index is 1.86. The maximum atomic E-state index is 12.7. The molecule has 0 aliphatic carbocycles. The molecule has 1 aliphatic heterocycles. The summed E-state index contributed by atoms with van der Waals surface area (Å²) in [6, 6.07) is 7.29. The summed E-state index contributed by atoms with van der Waals surface area (Å²) in [5, 5.41) is 10.2. The van der Waals surface area contributed by atoms with Crippen LogP contribution in [0.4, 0.5) is 0 Å². The number of carboxylic acids is 1. The van der Waals surface area contributed by atoms with Gasteiger partial charge in [-0.25, -0.2) is 0 Å². The maximum Gasteiger partial charge on any atom is 0.313 e. The predicted molar refractivity (Wildman–Crippen MR) is 78.7 cm³/mol. The number of methoxy groups -OCH3 is 1. The maximum absolute atomic E-state index is 12.7. The molecule has 3 rings (SSSR count). The van der Waals surface area contributed by atoms with E-state index >= 15 is 0 Å². The van der Waals surface area contributed by atoms with Crippen LogP contribution in [0.15, 0.2) is 34.9 Å². The largest absolute Gasteiger partial charge is 0.481 e. The third-order valence-electron chi connectivity index (χ3n) is 4.23. The normalized spacial score (nSPS) is 21.4. The van der Waals surface area contributed by atoms with Crippen LogP contribution >= 0.6 is 0 Å². The zero-order valence-corrected chi connectivity index (χ0v) is 12.2. The molecule has 1 fully saturated rings. The fraction of sp³-hybridized carbons (Fsp3) is 0.375. The summed E-state index contributed by atoms with van der Waals surface area (Å²) in [5.41, 5.74) is 0.0878. The van der Waals surface area contributed by atoms with Crippen LogP contribution in [0, 0.1) is 5.41 Å². The van der Waals surface area contributed by atoms with Crippen molar-refractivity contribution >= 4 is 22.8 Å². The number of furan rings is 1. The monoisotopic (exact) mass is 303 g/mol. The van der Waals surface area contributed by atoms with Gasteiger partial charge >= 0.3 is 5.97 Å². The molecule has 1 unspecified atom stereocenters. The molecule has 6 heteroatoms. The number of hydrogen-bond acceptors (Lipinski definition) is 4. The van der Waals surface area contributed by atoms with Crippen LogP contribution in [-0.2, 0) is 9.53 Å². The number of aliphatic carboxylic acids is 1. The minimum Gasteiger partial charge on any atom is -0.481 e. The van der Waals surface area contributed by atoms with Crippen molar-refractivity contribution in [1.82, 2.24) is 4.90 Å². The molecule has 1 aromatic carbocycles. The topological polar surface area (TPSA) is 80.0 Å². The van der Waals surface area contributed by atoms with E-state index in [4.69, 9.17) is 9.15 Å². The lowest BCUT2D eigenvalue weighted by molar-refractivity contribution is -0.151. The molecule has 1 atom stereocenters. The lowest BCUT2D eigenvalue weighted by atomic mass is 9.88. The molecule has 1 aromatic heterocycles. The molecule has 0 spiro atoms. The van der Waals surface area contributed by atoms with Crippen molar-refractivity contribution in [3.8, 4) is 0 Å². The van der Waals surface area contributed by atoms with E-state index in [0.717, 1.165) is 5.39 Å². The van der Waals surface area contributed by atoms with Gasteiger partial charge in [-0.3, -0.25) is 9.59 Å². The summed E-state index contributed by atoms with van der Waals surface area (Å²) in [7, 11) is 1.47. The summed E-state index contributed by atoms with van der Waals surface area (Å²) in [5.74, 6) is -1.13. The molecule has 1 saturated heterocycles. The number of ether oxygens (including phenoxy) is 1. The number of para-hydroxylation sites is 1. The van der Waals surface area contributed by atoms with Gasteiger partial charge in [0.1, 0.15) is 17.3 Å². The summed E-state index contributed by atoms with van der Waals surface area (Å²) in [6.07, 6.45) is 1.82. The van der Waals surface area contributed by atoms with Gasteiger partial charge in [-0.15, -0.1) is 0 Å². The van der Waals surface area contributed by atoms with Crippen LogP contribution in [0.5, 0.6) is 0 Å². The highest BCUT2D eigenvalue weighted by atomic mass is 16.5. The molecule has 22 heavy (non-hydrogen) atoms. The molecule has 1 aliphatic rings. The third-order valence-corrected chi connectivity index (χ3v) is 4.23. The van der Waals surface area contributed by atoms with Crippen molar-refractivity contribution in [1.29, 1.82) is 0 Å². The number of carboxylic acid groups (broad SMARTS) is 1. The number of carbonyl (C=O) groups excluding carboxylic acids is 1. The summed E-state index contributed by atoms with van der Waals surface area (Å²) >= 11 is 0. The van der Waals surface area contributed by atoms with Gasteiger partial charge in [0.25, 0.3) is 5.91 Å². The highest BCUT2D eigenvalue weighted by molar-refractivity contribution is 6.06. The zero-order valence-electron chi connectivity index (χ0n) is 12.2. The number of amides is 1. The van der Waals surface area contributed by atoms with Crippen molar-refractivity contribution in [2.45, 2.75) is 6.42 Å². The number of fused-ring (bicyclic) bond motifs is 1. The Bertz CT molecular complexity index is 722. The van der Waals surface area contributed by atoms with Gasteiger partial charge < -0.3 is 19.2 Å². The van der Waals surface area contributed by atoms with Crippen molar-refractivity contribution in [2.75, 3.05) is 26.8 Å². The smallest absolute Gasteiger partial charge is 0.313 e. The van der Waals surface area contributed by atoms with Crippen LogP contribution in [0.2, 0.25) is 0 Å². The number of hydrogen-bond donors (Lipinski definition) is 1. The highest BCUT2D eigenvalue weighted by Crippen LogP contribution is 2.33. The fourth-order valence-electron chi connectivity index (χ4n) is 2.99. The summed E-state index contributed by atoms with van der Waals surface area (Å²) < 4.78 is 10.4. The SMILES string of the molecule is COCC1(C(=O)O)CCN(C(=O)c2coc3ccccc23)C1. The number of benzene rings is 1. The predicted octanol–water partition coefficient (Wildman–Crippen LogP) is 2.00. The lowest BCUT2D eigenvalue weighted by Crippen LogP contribution is -2.40. The van der Waals surface area contributed by atoms with E-state index < -0.39 is 11.4 Å². The molecule has 2 heterocycles. The Morgan fingerprint density at radius 3 is 2.91 bits per heavy atom. The van der Waals surface area contributed by atoms with E-state index in [1.807, 2.05) is 18.2 Å². The Kier molecular flexibility index (Phi) is 3.62. The van der Waals surface area contributed by atoms with Crippen molar-refractivity contribution in [2.24, 2.45) is 5.41 Å². The molecule has 1 N–H and O–H groups in total. The number of nitrogens with zero attached hydrogens (tertiary/aromatic N) is 1. The van der Waals surface area contributed by atoms with E-state index in [1.165, 1.54) is 13.4 Å². The number of rotatable bonds is 4. The molecule has 2 aromatic rings. The first-order chi connectivity index (χ1) is 10.6. The Morgan fingerprint density at radius 1 is 1.41 bits per heavy atom. The van der Waals surface area contributed by atoms with Gasteiger partial charge in [0.15, 0.2) is 0 Å². The first-order valence-corrected chi connectivity index (χ1v) is 7.05. The van der Waals surface area contributed by atoms with E-state index in [1.54, 1.807) is 11.0 Å². The van der Waals surface area contributed by atoms with Crippen LogP contribution in [-0.4, -0.2) is 48.7 Å². The number of carbonyl (C=O) groups is 2. The van der Waals surface area contributed by atoms with Crippen molar-refractivity contribution in [3.05, 3.63) is 36.1 Å². The second-order valence-electron chi connectivity index (χ2n) is 5.64. The minimum absolute atomic E-state index is 0.0955. The number of likely N-dealkylation sites (tertiary alicyclic amines) is 1. The summed E-state index contributed by atoms with van der Waals surface area (Å²) in [4.78, 5) is 25.8. The molecule has 0 radical (unpaired) electrons. The molecule has 116 valence electrons.